The Morgan fingerprint density at radius 2 is 1.65 bits per heavy atom. The molecule has 0 unspecified atom stereocenters. The van der Waals surface area contributed by atoms with Crippen molar-refractivity contribution < 1.29 is 19.4 Å². The van der Waals surface area contributed by atoms with Crippen LogP contribution in [-0.2, 0) is 9.53 Å². The molecule has 0 aliphatic rings. The number of aliphatic hydroxyl groups excluding tert-OH is 1. The molecule has 26 heavy (non-hydrogen) atoms. The highest BCUT2D eigenvalue weighted by Gasteiger charge is 2.16. The summed E-state index contributed by atoms with van der Waals surface area (Å²) >= 11 is 0. The maximum atomic E-state index is 11.4. The van der Waals surface area contributed by atoms with Crippen LogP contribution < -0.4 is 4.74 Å². The van der Waals surface area contributed by atoms with Gasteiger partial charge >= 0.3 is 5.97 Å². The molecule has 0 saturated heterocycles. The Hall–Kier alpha value is -3.01. The highest BCUT2D eigenvalue weighted by molar-refractivity contribution is 5.71. The summed E-state index contributed by atoms with van der Waals surface area (Å²) in [6.45, 7) is 9.05. The second kappa shape index (κ2) is 10.8. The first-order chi connectivity index (χ1) is 12.3. The van der Waals surface area contributed by atoms with Crippen LogP contribution in [0.25, 0.3) is 12.2 Å². The van der Waals surface area contributed by atoms with E-state index in [1.54, 1.807) is 24.3 Å². The van der Waals surface area contributed by atoms with Gasteiger partial charge in [-0.1, -0.05) is 55.1 Å². The van der Waals surface area contributed by atoms with Crippen molar-refractivity contribution in [3.8, 4) is 5.75 Å². The number of hydrogen-bond donors (Lipinski definition) is 1. The monoisotopic (exact) mass is 354 g/mol. The number of rotatable bonds is 5. The van der Waals surface area contributed by atoms with E-state index in [1.807, 2.05) is 63.2 Å². The van der Waals surface area contributed by atoms with Crippen LogP contribution in [0.4, 0.5) is 0 Å². The number of benzene rings is 2. The van der Waals surface area contributed by atoms with E-state index in [2.05, 4.69) is 6.58 Å². The van der Waals surface area contributed by atoms with E-state index in [1.165, 1.54) is 0 Å². The number of esters is 1. The van der Waals surface area contributed by atoms with Crippen molar-refractivity contribution in [2.75, 3.05) is 6.61 Å². The summed E-state index contributed by atoms with van der Waals surface area (Å²) in [5.41, 5.74) is 1.54. The van der Waals surface area contributed by atoms with Gasteiger partial charge in [0.15, 0.2) is 6.61 Å². The minimum atomic E-state index is -0.479. The fourth-order valence-corrected chi connectivity index (χ4v) is 1.86. The molecular weight excluding hydrogens is 328 g/mol. The molecular formula is C22H26O4. The van der Waals surface area contributed by atoms with Crippen LogP contribution in [0.2, 0.25) is 0 Å². The fourth-order valence-electron chi connectivity index (χ4n) is 1.86. The molecule has 4 heteroatoms. The number of carbonyl (C=O) groups excluding carboxylic acids is 1. The van der Waals surface area contributed by atoms with Gasteiger partial charge in [-0.2, -0.15) is 0 Å². The summed E-state index contributed by atoms with van der Waals surface area (Å²) in [5.74, 6) is 0.270. The van der Waals surface area contributed by atoms with Gasteiger partial charge in [-0.3, -0.25) is 0 Å². The minimum absolute atomic E-state index is 0.0787. The van der Waals surface area contributed by atoms with Crippen molar-refractivity contribution in [1.29, 1.82) is 0 Å². The molecule has 0 bridgehead atoms. The number of aliphatic hydroxyl groups is 1. The van der Waals surface area contributed by atoms with E-state index >= 15 is 0 Å². The molecule has 0 amide bonds. The summed E-state index contributed by atoms with van der Waals surface area (Å²) in [6.07, 6.45) is 4.42. The average molecular weight is 354 g/mol. The molecule has 0 heterocycles. The van der Waals surface area contributed by atoms with Crippen LogP contribution in [0.15, 0.2) is 67.4 Å². The van der Waals surface area contributed by atoms with Gasteiger partial charge in [-0.15, -0.1) is 0 Å². The molecule has 0 aromatic heterocycles. The minimum Gasteiger partial charge on any atom is -0.516 e. The molecule has 0 atom stereocenters. The lowest BCUT2D eigenvalue weighted by molar-refractivity contribution is -0.157. The van der Waals surface area contributed by atoms with E-state index in [0.29, 0.717) is 5.75 Å². The molecule has 2 aromatic carbocycles. The molecule has 4 nitrogen and oxygen atoms in total. The molecule has 0 saturated carbocycles. The predicted molar refractivity (Wildman–Crippen MR) is 106 cm³/mol. The van der Waals surface area contributed by atoms with Gasteiger partial charge in [0.2, 0.25) is 0 Å². The summed E-state index contributed by atoms with van der Waals surface area (Å²) in [6, 6.07) is 17.0. The van der Waals surface area contributed by atoms with E-state index in [0.717, 1.165) is 17.4 Å². The predicted octanol–water partition coefficient (Wildman–Crippen LogP) is 5.27. The Balaban J connectivity index is 0.000000314. The Bertz CT molecular complexity index is 695. The van der Waals surface area contributed by atoms with Gasteiger partial charge in [0.25, 0.3) is 0 Å². The zero-order valence-corrected chi connectivity index (χ0v) is 15.5. The van der Waals surface area contributed by atoms with E-state index in [-0.39, 0.29) is 12.6 Å². The van der Waals surface area contributed by atoms with Gasteiger partial charge < -0.3 is 14.6 Å². The highest BCUT2D eigenvalue weighted by atomic mass is 16.6. The standard InChI is InChI=1S/C14H18O3.C8H8O/c1-5-11-6-8-12(9-7-11)16-10-13(15)17-14(2,3)4;9-7-6-8-4-2-1-3-5-8/h5-9H,1,10H2,2-4H3;1-7,9H. The quantitative estimate of drug-likeness (QED) is 0.587. The Morgan fingerprint density at radius 3 is 2.15 bits per heavy atom. The van der Waals surface area contributed by atoms with Gasteiger partial charge in [-0.05, 0) is 50.1 Å². The van der Waals surface area contributed by atoms with Gasteiger partial charge in [-0.25, -0.2) is 4.79 Å². The molecule has 0 spiro atoms. The van der Waals surface area contributed by atoms with Crippen molar-refractivity contribution in [1.82, 2.24) is 0 Å². The third kappa shape index (κ3) is 9.33. The van der Waals surface area contributed by atoms with Gasteiger partial charge in [0.1, 0.15) is 11.4 Å². The first-order valence-electron chi connectivity index (χ1n) is 8.27. The Morgan fingerprint density at radius 1 is 1.04 bits per heavy atom. The third-order valence-corrected chi connectivity index (χ3v) is 2.96. The summed E-state index contributed by atoms with van der Waals surface area (Å²) < 4.78 is 10.4. The fraction of sp³-hybridized carbons (Fsp3) is 0.227. The Labute approximate surface area is 155 Å². The summed E-state index contributed by atoms with van der Waals surface area (Å²) in [4.78, 5) is 11.4. The molecule has 0 fully saturated rings. The first-order valence-corrected chi connectivity index (χ1v) is 8.27. The SMILES string of the molecule is C=Cc1ccc(OCC(=O)OC(C)(C)C)cc1.OC=Cc1ccccc1. The lowest BCUT2D eigenvalue weighted by Gasteiger charge is -2.19. The van der Waals surface area contributed by atoms with E-state index < -0.39 is 5.60 Å². The number of ether oxygens (including phenoxy) is 2. The van der Waals surface area contributed by atoms with Crippen LogP contribution in [0.5, 0.6) is 5.75 Å². The second-order valence-electron chi connectivity index (χ2n) is 6.37. The van der Waals surface area contributed by atoms with Crippen LogP contribution in [-0.4, -0.2) is 23.3 Å². The third-order valence-electron chi connectivity index (χ3n) is 2.96. The highest BCUT2D eigenvalue weighted by Crippen LogP contribution is 2.13. The second-order valence-corrected chi connectivity index (χ2v) is 6.37. The van der Waals surface area contributed by atoms with Crippen molar-refractivity contribution in [2.24, 2.45) is 0 Å². The zero-order valence-electron chi connectivity index (χ0n) is 15.5. The largest absolute Gasteiger partial charge is 0.516 e. The van der Waals surface area contributed by atoms with Gasteiger partial charge in [0, 0.05) is 0 Å². The van der Waals surface area contributed by atoms with Crippen LogP contribution in [0.3, 0.4) is 0 Å². The lowest BCUT2D eigenvalue weighted by atomic mass is 10.2. The molecule has 1 N–H and O–H groups in total. The van der Waals surface area contributed by atoms with Crippen LogP contribution in [0, 0.1) is 0 Å². The normalized spacial score (nSPS) is 10.6. The van der Waals surface area contributed by atoms with Crippen LogP contribution >= 0.6 is 0 Å². The Kier molecular flexibility index (Phi) is 8.71. The van der Waals surface area contributed by atoms with E-state index in [4.69, 9.17) is 14.6 Å². The molecule has 2 aromatic rings. The summed E-state index contributed by atoms with van der Waals surface area (Å²) in [7, 11) is 0. The zero-order chi connectivity index (χ0) is 19.4. The summed E-state index contributed by atoms with van der Waals surface area (Å²) in [5, 5.41) is 8.34. The van der Waals surface area contributed by atoms with Crippen molar-refractivity contribution in [3.05, 3.63) is 78.6 Å². The smallest absolute Gasteiger partial charge is 0.344 e. The first kappa shape index (κ1) is 21.0. The van der Waals surface area contributed by atoms with Crippen LogP contribution in [0.1, 0.15) is 31.9 Å². The molecule has 138 valence electrons. The van der Waals surface area contributed by atoms with Crippen molar-refractivity contribution in [3.63, 3.8) is 0 Å². The van der Waals surface area contributed by atoms with Crippen molar-refractivity contribution >= 4 is 18.1 Å². The van der Waals surface area contributed by atoms with E-state index in [9.17, 15) is 4.79 Å². The average Bonchev–Trinajstić information content (AvgIpc) is 2.61. The molecule has 2 rings (SSSR count). The lowest BCUT2D eigenvalue weighted by Crippen LogP contribution is -2.27. The topological polar surface area (TPSA) is 55.8 Å². The van der Waals surface area contributed by atoms with Crippen molar-refractivity contribution in [2.45, 2.75) is 26.4 Å². The maximum Gasteiger partial charge on any atom is 0.344 e. The number of hydrogen-bond acceptors (Lipinski definition) is 4. The maximum absolute atomic E-state index is 11.4. The molecule has 0 radical (unpaired) electrons. The molecule has 0 aliphatic heterocycles. The van der Waals surface area contributed by atoms with Gasteiger partial charge in [0.05, 0.1) is 6.26 Å². The number of carbonyl (C=O) groups is 1. The molecule has 0 aliphatic carbocycles.